The van der Waals surface area contributed by atoms with E-state index in [1.165, 1.54) is 46.9 Å². The van der Waals surface area contributed by atoms with Crippen molar-refractivity contribution in [1.29, 1.82) is 5.26 Å². The number of benzene rings is 1. The van der Waals surface area contributed by atoms with E-state index >= 15 is 0 Å². The molecule has 9 nitrogen and oxygen atoms in total. The number of non-ortho nitro benzene ring substituents is 1. The second-order valence-corrected chi connectivity index (χ2v) is 7.37. The standard InChI is InChI=1S/C18H13N5O4S2/c1-11-10-29-17(21-11)13(8-19)6-12-7-14(23(25)26)2-3-15(12)27-9-16(24)22-18-20-4-5-28-18/h2-7,10H,9H2,1H3,(H,20,22,24)/b13-6+. The lowest BCUT2D eigenvalue weighted by molar-refractivity contribution is -0.384. The molecule has 0 atom stereocenters. The maximum absolute atomic E-state index is 12.0. The van der Waals surface area contributed by atoms with Crippen LogP contribution in [0.2, 0.25) is 0 Å². The molecule has 0 saturated carbocycles. The van der Waals surface area contributed by atoms with Crippen molar-refractivity contribution in [1.82, 2.24) is 9.97 Å². The summed E-state index contributed by atoms with van der Waals surface area (Å²) in [5, 5.41) is 27.7. The first kappa shape index (κ1) is 20.1. The Hall–Kier alpha value is -3.62. The molecule has 0 spiro atoms. The van der Waals surface area contributed by atoms with Gasteiger partial charge in [-0.25, -0.2) is 9.97 Å². The molecular formula is C18H13N5O4S2. The van der Waals surface area contributed by atoms with Gasteiger partial charge in [-0.1, -0.05) is 0 Å². The van der Waals surface area contributed by atoms with Crippen molar-refractivity contribution in [3.63, 3.8) is 0 Å². The first-order valence-electron chi connectivity index (χ1n) is 8.11. The number of nitriles is 1. The molecule has 11 heteroatoms. The van der Waals surface area contributed by atoms with Crippen LogP contribution in [0.5, 0.6) is 5.75 Å². The molecule has 1 aromatic carbocycles. The highest BCUT2D eigenvalue weighted by molar-refractivity contribution is 7.13. The van der Waals surface area contributed by atoms with E-state index in [2.05, 4.69) is 15.3 Å². The largest absolute Gasteiger partial charge is 0.483 e. The third kappa shape index (κ3) is 5.22. The fraction of sp³-hybridized carbons (Fsp3) is 0.111. The fourth-order valence-electron chi connectivity index (χ4n) is 2.25. The second-order valence-electron chi connectivity index (χ2n) is 5.62. The number of nitro benzene ring substituents is 1. The first-order valence-corrected chi connectivity index (χ1v) is 9.87. The monoisotopic (exact) mass is 427 g/mol. The Morgan fingerprint density at radius 2 is 2.28 bits per heavy atom. The molecule has 0 unspecified atom stereocenters. The van der Waals surface area contributed by atoms with Gasteiger partial charge in [0.25, 0.3) is 11.6 Å². The Kier molecular flexibility index (Phi) is 6.28. The highest BCUT2D eigenvalue weighted by atomic mass is 32.1. The van der Waals surface area contributed by atoms with Crippen molar-refractivity contribution in [3.8, 4) is 11.8 Å². The molecule has 0 fully saturated rings. The summed E-state index contributed by atoms with van der Waals surface area (Å²) in [7, 11) is 0. The number of carbonyl (C=O) groups excluding carboxylic acids is 1. The Morgan fingerprint density at radius 3 is 2.90 bits per heavy atom. The van der Waals surface area contributed by atoms with E-state index in [-0.39, 0.29) is 23.6 Å². The van der Waals surface area contributed by atoms with Crippen LogP contribution in [0.25, 0.3) is 11.6 Å². The van der Waals surface area contributed by atoms with E-state index in [9.17, 15) is 20.2 Å². The molecular weight excluding hydrogens is 414 g/mol. The van der Waals surface area contributed by atoms with Crippen LogP contribution in [-0.2, 0) is 4.79 Å². The summed E-state index contributed by atoms with van der Waals surface area (Å²) >= 11 is 2.56. The number of allylic oxidation sites excluding steroid dienone is 1. The molecule has 0 radical (unpaired) electrons. The van der Waals surface area contributed by atoms with Crippen molar-refractivity contribution in [3.05, 3.63) is 61.5 Å². The third-order valence-corrected chi connectivity index (χ3v) is 5.19. The van der Waals surface area contributed by atoms with Crippen LogP contribution < -0.4 is 10.1 Å². The van der Waals surface area contributed by atoms with Crippen LogP contribution >= 0.6 is 22.7 Å². The smallest absolute Gasteiger partial charge is 0.270 e. The number of hydrogen-bond donors (Lipinski definition) is 1. The van der Waals surface area contributed by atoms with Gasteiger partial charge in [-0.05, 0) is 19.1 Å². The highest BCUT2D eigenvalue weighted by Gasteiger charge is 2.15. The normalized spacial score (nSPS) is 11.0. The number of carbonyl (C=O) groups is 1. The van der Waals surface area contributed by atoms with Crippen LogP contribution in [0, 0.1) is 28.4 Å². The molecule has 1 N–H and O–H groups in total. The summed E-state index contributed by atoms with van der Waals surface area (Å²) < 4.78 is 5.54. The quantitative estimate of drug-likeness (QED) is 0.344. The minimum absolute atomic E-state index is 0.163. The third-order valence-electron chi connectivity index (χ3n) is 3.51. The van der Waals surface area contributed by atoms with Crippen LogP contribution in [0.1, 0.15) is 16.3 Å². The summed E-state index contributed by atoms with van der Waals surface area (Å²) in [5.74, 6) is -0.199. The number of anilines is 1. The maximum Gasteiger partial charge on any atom is 0.270 e. The number of nitrogens with one attached hydrogen (secondary N) is 1. The van der Waals surface area contributed by atoms with E-state index in [0.29, 0.717) is 15.7 Å². The summed E-state index contributed by atoms with van der Waals surface area (Å²) in [6, 6.07) is 5.99. The molecule has 0 bridgehead atoms. The van der Waals surface area contributed by atoms with Gasteiger partial charge in [0.1, 0.15) is 16.8 Å². The number of hydrogen-bond acceptors (Lipinski definition) is 9. The number of nitro groups is 1. The van der Waals surface area contributed by atoms with Crippen LogP contribution in [0.4, 0.5) is 10.8 Å². The molecule has 0 aliphatic rings. The topological polar surface area (TPSA) is 131 Å². The van der Waals surface area contributed by atoms with E-state index in [4.69, 9.17) is 4.74 Å². The summed E-state index contributed by atoms with van der Waals surface area (Å²) in [6.07, 6.45) is 3.02. The maximum atomic E-state index is 12.0. The lowest BCUT2D eigenvalue weighted by Gasteiger charge is -2.09. The molecule has 3 rings (SSSR count). The molecule has 2 aromatic heterocycles. The zero-order valence-electron chi connectivity index (χ0n) is 15.0. The fourth-order valence-corrected chi connectivity index (χ4v) is 3.56. The number of thiazole rings is 2. The van der Waals surface area contributed by atoms with E-state index < -0.39 is 10.8 Å². The van der Waals surface area contributed by atoms with Crippen molar-refractivity contribution in [2.45, 2.75) is 6.92 Å². The van der Waals surface area contributed by atoms with Gasteiger partial charge >= 0.3 is 0 Å². The average molecular weight is 427 g/mol. The van der Waals surface area contributed by atoms with Gasteiger partial charge in [0, 0.05) is 40.3 Å². The summed E-state index contributed by atoms with van der Waals surface area (Å²) in [5.41, 5.74) is 1.13. The van der Waals surface area contributed by atoms with E-state index in [1.54, 1.807) is 23.9 Å². The molecule has 0 aliphatic carbocycles. The van der Waals surface area contributed by atoms with Gasteiger partial charge < -0.3 is 4.74 Å². The lowest BCUT2D eigenvalue weighted by atomic mass is 10.1. The lowest BCUT2D eigenvalue weighted by Crippen LogP contribution is -2.20. The van der Waals surface area contributed by atoms with Crippen LogP contribution in [-0.4, -0.2) is 27.4 Å². The van der Waals surface area contributed by atoms with Gasteiger partial charge in [0.2, 0.25) is 0 Å². The molecule has 0 aliphatic heterocycles. The molecule has 29 heavy (non-hydrogen) atoms. The molecule has 0 saturated heterocycles. The van der Waals surface area contributed by atoms with Crippen LogP contribution in [0.15, 0.2) is 35.2 Å². The van der Waals surface area contributed by atoms with Crippen molar-refractivity contribution in [2.24, 2.45) is 0 Å². The highest BCUT2D eigenvalue weighted by Crippen LogP contribution is 2.29. The minimum Gasteiger partial charge on any atom is -0.483 e. The second kappa shape index (κ2) is 9.05. The van der Waals surface area contributed by atoms with Crippen molar-refractivity contribution in [2.75, 3.05) is 11.9 Å². The average Bonchev–Trinajstić information content (AvgIpc) is 3.36. The minimum atomic E-state index is -0.546. The van der Waals surface area contributed by atoms with Gasteiger partial charge in [-0.15, -0.1) is 22.7 Å². The van der Waals surface area contributed by atoms with Gasteiger partial charge in [0.05, 0.1) is 10.5 Å². The number of amides is 1. The Morgan fingerprint density at radius 1 is 1.45 bits per heavy atom. The van der Waals surface area contributed by atoms with Gasteiger partial charge in [0.15, 0.2) is 11.7 Å². The first-order chi connectivity index (χ1) is 14.0. The van der Waals surface area contributed by atoms with Gasteiger partial charge in [-0.2, -0.15) is 5.26 Å². The Bertz CT molecular complexity index is 1120. The molecule has 3 aromatic rings. The Labute approximate surface area is 173 Å². The number of aryl methyl sites for hydroxylation is 1. The zero-order valence-corrected chi connectivity index (χ0v) is 16.6. The van der Waals surface area contributed by atoms with Crippen molar-refractivity contribution < 1.29 is 14.5 Å². The number of rotatable bonds is 7. The zero-order chi connectivity index (χ0) is 20.8. The van der Waals surface area contributed by atoms with Gasteiger partial charge in [-0.3, -0.25) is 20.2 Å². The molecule has 1 amide bonds. The Balaban J connectivity index is 1.86. The van der Waals surface area contributed by atoms with E-state index in [0.717, 1.165) is 5.69 Å². The molecule has 2 heterocycles. The van der Waals surface area contributed by atoms with E-state index in [1.807, 2.05) is 6.07 Å². The summed E-state index contributed by atoms with van der Waals surface area (Å²) in [4.78, 5) is 30.8. The summed E-state index contributed by atoms with van der Waals surface area (Å²) in [6.45, 7) is 1.48. The number of nitrogens with zero attached hydrogens (tertiary/aromatic N) is 4. The predicted molar refractivity (Wildman–Crippen MR) is 110 cm³/mol. The van der Waals surface area contributed by atoms with Crippen molar-refractivity contribution >= 4 is 51.0 Å². The molecule has 146 valence electrons. The van der Waals surface area contributed by atoms with Crippen LogP contribution in [0.3, 0.4) is 0 Å². The predicted octanol–water partition coefficient (Wildman–Crippen LogP) is 3.90. The number of ether oxygens (including phenoxy) is 1. The SMILES string of the molecule is Cc1csc(/C(C#N)=C/c2cc([N+](=O)[O-])ccc2OCC(=O)Nc2nccs2)n1. The number of aromatic nitrogens is 2.